The van der Waals surface area contributed by atoms with Crippen molar-refractivity contribution < 1.29 is 58.2 Å². The second-order valence-corrected chi connectivity index (χ2v) is 20.6. The van der Waals surface area contributed by atoms with E-state index in [1.165, 1.54) is 135 Å². The van der Waals surface area contributed by atoms with Crippen LogP contribution in [0, 0.1) is 0 Å². The highest BCUT2D eigenvalue weighted by Crippen LogP contribution is 2.27. The standard InChI is InChI=1S/C61H108O12/c1-4-7-10-13-16-19-22-25-26-27-28-31-32-35-38-41-44-47-53(62)69-50-52(71-54(63)48-45-42-39-36-33-29-23-20-17-14-11-8-5-2)51-70-61-59(57(66)56(65)58(73-61)60(67)68)72-55(64)49-46-43-40-37-34-30-24-21-18-15-12-9-6-3/h8,11,17,20,29,33,52,56-59,61,65-66H,4-7,9-10,12-16,18-19,21-28,30-32,34-51H2,1-3H3,(H,67,68)/b11-8-,20-17-,33-29-. The highest BCUT2D eigenvalue weighted by molar-refractivity contribution is 5.74. The van der Waals surface area contributed by atoms with Crippen molar-refractivity contribution in [2.24, 2.45) is 0 Å². The van der Waals surface area contributed by atoms with Crippen molar-refractivity contribution in [2.45, 2.75) is 314 Å². The number of esters is 3. The SMILES string of the molecule is CC/C=C\C/C=C\C/C=C\CCCCCC(=O)OC(COC(=O)CCCCCCCCCCCCCCCCCCC)COC1OC(C(=O)O)C(O)C(O)C1OC(=O)CCCCCCCCCCCCCCC. The van der Waals surface area contributed by atoms with Crippen molar-refractivity contribution in [1.82, 2.24) is 0 Å². The van der Waals surface area contributed by atoms with Gasteiger partial charge in [0, 0.05) is 19.3 Å². The van der Waals surface area contributed by atoms with E-state index in [4.69, 9.17) is 23.7 Å². The average molecular weight is 1030 g/mol. The van der Waals surface area contributed by atoms with E-state index in [1.54, 1.807) is 0 Å². The molecule has 0 aliphatic carbocycles. The third-order valence-electron chi connectivity index (χ3n) is 13.7. The quantitative estimate of drug-likeness (QED) is 0.0228. The number of hydrogen-bond acceptors (Lipinski definition) is 11. The molecule has 1 aliphatic rings. The molecule has 6 unspecified atom stereocenters. The molecule has 0 amide bonds. The Morgan fingerprint density at radius 3 is 1.32 bits per heavy atom. The van der Waals surface area contributed by atoms with Crippen LogP contribution in [0.1, 0.15) is 278 Å². The van der Waals surface area contributed by atoms with Crippen LogP contribution in [0.25, 0.3) is 0 Å². The number of aliphatic hydroxyl groups excluding tert-OH is 2. The van der Waals surface area contributed by atoms with Crippen LogP contribution in [-0.2, 0) is 42.9 Å². The van der Waals surface area contributed by atoms with Crippen molar-refractivity contribution in [1.29, 1.82) is 0 Å². The van der Waals surface area contributed by atoms with Gasteiger partial charge in [0.05, 0.1) is 6.61 Å². The molecule has 0 saturated carbocycles. The minimum absolute atomic E-state index is 0.0621. The zero-order valence-corrected chi connectivity index (χ0v) is 46.6. The van der Waals surface area contributed by atoms with Gasteiger partial charge in [-0.1, -0.05) is 243 Å². The lowest BCUT2D eigenvalue weighted by molar-refractivity contribution is -0.301. The highest BCUT2D eigenvalue weighted by atomic mass is 16.7. The summed E-state index contributed by atoms with van der Waals surface area (Å²) >= 11 is 0. The molecule has 1 heterocycles. The number of ether oxygens (including phenoxy) is 5. The molecular formula is C61H108O12. The predicted octanol–water partition coefficient (Wildman–Crippen LogP) is 15.2. The lowest BCUT2D eigenvalue weighted by Gasteiger charge is -2.40. The molecule has 0 aromatic heterocycles. The van der Waals surface area contributed by atoms with Gasteiger partial charge in [-0.05, 0) is 51.4 Å². The molecule has 0 aromatic rings. The van der Waals surface area contributed by atoms with Crippen LogP contribution >= 0.6 is 0 Å². The first-order chi connectivity index (χ1) is 35.6. The number of unbranched alkanes of at least 4 members (excludes halogenated alkanes) is 31. The number of carbonyl (C=O) groups is 4. The fraction of sp³-hybridized carbons (Fsp3) is 0.836. The van der Waals surface area contributed by atoms with Crippen LogP contribution < -0.4 is 0 Å². The van der Waals surface area contributed by atoms with Crippen molar-refractivity contribution in [3.8, 4) is 0 Å². The second kappa shape index (κ2) is 49.8. The maximum absolute atomic E-state index is 13.1. The van der Waals surface area contributed by atoms with Gasteiger partial charge in [0.1, 0.15) is 18.8 Å². The van der Waals surface area contributed by atoms with Gasteiger partial charge in [-0.25, -0.2) is 4.79 Å². The number of carboxylic acid groups (broad SMARTS) is 1. The molecule has 12 heteroatoms. The van der Waals surface area contributed by atoms with Crippen molar-refractivity contribution in [2.75, 3.05) is 13.2 Å². The van der Waals surface area contributed by atoms with Crippen LogP contribution in [0.3, 0.4) is 0 Å². The molecule has 0 spiro atoms. The minimum Gasteiger partial charge on any atom is -0.479 e. The van der Waals surface area contributed by atoms with Gasteiger partial charge in [0.15, 0.2) is 24.6 Å². The van der Waals surface area contributed by atoms with E-state index < -0.39 is 67.3 Å². The van der Waals surface area contributed by atoms with Crippen LogP contribution in [0.5, 0.6) is 0 Å². The zero-order chi connectivity index (χ0) is 53.3. The molecule has 1 fully saturated rings. The molecule has 0 bridgehead atoms. The third kappa shape index (κ3) is 39.9. The summed E-state index contributed by atoms with van der Waals surface area (Å²) < 4.78 is 28.4. The second-order valence-electron chi connectivity index (χ2n) is 20.6. The summed E-state index contributed by atoms with van der Waals surface area (Å²) in [5.74, 6) is -3.13. The van der Waals surface area contributed by atoms with Gasteiger partial charge < -0.3 is 39.0 Å². The first-order valence-electron chi connectivity index (χ1n) is 30.0. The Bertz CT molecular complexity index is 1410. The molecule has 73 heavy (non-hydrogen) atoms. The van der Waals surface area contributed by atoms with E-state index >= 15 is 0 Å². The maximum Gasteiger partial charge on any atom is 0.335 e. The van der Waals surface area contributed by atoms with Crippen LogP contribution in [0.15, 0.2) is 36.5 Å². The zero-order valence-electron chi connectivity index (χ0n) is 46.6. The Morgan fingerprint density at radius 2 is 0.863 bits per heavy atom. The normalized spacial score (nSPS) is 18.5. The first-order valence-corrected chi connectivity index (χ1v) is 30.0. The molecule has 1 aliphatic heterocycles. The Labute approximate surface area is 444 Å². The lowest BCUT2D eigenvalue weighted by Crippen LogP contribution is -2.61. The molecule has 6 atom stereocenters. The summed E-state index contributed by atoms with van der Waals surface area (Å²) in [6.07, 6.45) is 45.5. The Balaban J connectivity index is 2.68. The molecule has 12 nitrogen and oxygen atoms in total. The number of aliphatic carboxylic acids is 1. The van der Waals surface area contributed by atoms with Gasteiger partial charge in [0.2, 0.25) is 0 Å². The fourth-order valence-corrected chi connectivity index (χ4v) is 9.15. The van der Waals surface area contributed by atoms with Gasteiger partial charge in [0.25, 0.3) is 0 Å². The smallest absolute Gasteiger partial charge is 0.335 e. The molecule has 1 saturated heterocycles. The van der Waals surface area contributed by atoms with E-state index in [0.717, 1.165) is 83.5 Å². The molecule has 3 N–H and O–H groups in total. The first kappa shape index (κ1) is 68.0. The topological polar surface area (TPSA) is 175 Å². The molecule has 1 rings (SSSR count). The summed E-state index contributed by atoms with van der Waals surface area (Å²) in [6, 6.07) is 0. The molecule has 424 valence electrons. The van der Waals surface area contributed by atoms with Crippen LogP contribution in [0.4, 0.5) is 0 Å². The van der Waals surface area contributed by atoms with Gasteiger partial charge in [-0.3, -0.25) is 14.4 Å². The summed E-state index contributed by atoms with van der Waals surface area (Å²) in [4.78, 5) is 51.1. The van der Waals surface area contributed by atoms with Crippen molar-refractivity contribution in [3.05, 3.63) is 36.5 Å². The van der Waals surface area contributed by atoms with Crippen molar-refractivity contribution >= 4 is 23.9 Å². The Morgan fingerprint density at radius 1 is 0.466 bits per heavy atom. The monoisotopic (exact) mass is 1030 g/mol. The summed E-state index contributed by atoms with van der Waals surface area (Å²) in [5, 5.41) is 31.4. The molecular weight excluding hydrogens is 925 g/mol. The maximum atomic E-state index is 13.1. The Kier molecular flexibility index (Phi) is 46.4. The largest absolute Gasteiger partial charge is 0.479 e. The highest BCUT2D eigenvalue weighted by Gasteiger charge is 2.50. The number of rotatable bonds is 51. The summed E-state index contributed by atoms with van der Waals surface area (Å²) in [7, 11) is 0. The van der Waals surface area contributed by atoms with Gasteiger partial charge in [-0.15, -0.1) is 0 Å². The number of allylic oxidation sites excluding steroid dienone is 6. The van der Waals surface area contributed by atoms with Crippen molar-refractivity contribution in [3.63, 3.8) is 0 Å². The number of carbonyl (C=O) groups excluding carboxylic acids is 3. The third-order valence-corrected chi connectivity index (χ3v) is 13.7. The summed E-state index contributed by atoms with van der Waals surface area (Å²) in [6.45, 7) is 5.88. The lowest BCUT2D eigenvalue weighted by atomic mass is 9.98. The minimum atomic E-state index is -1.90. The van der Waals surface area contributed by atoms with E-state index in [-0.39, 0.29) is 25.9 Å². The number of carboxylic acids is 1. The van der Waals surface area contributed by atoms with Gasteiger partial charge >= 0.3 is 23.9 Å². The average Bonchev–Trinajstić information content (AvgIpc) is 3.37. The molecule has 0 aromatic carbocycles. The summed E-state index contributed by atoms with van der Waals surface area (Å²) in [5.41, 5.74) is 0. The van der Waals surface area contributed by atoms with E-state index in [1.807, 2.05) is 0 Å². The number of hydrogen-bond donors (Lipinski definition) is 3. The van der Waals surface area contributed by atoms with E-state index in [9.17, 15) is 34.5 Å². The predicted molar refractivity (Wildman–Crippen MR) is 294 cm³/mol. The van der Waals surface area contributed by atoms with Crippen LogP contribution in [0.2, 0.25) is 0 Å². The van der Waals surface area contributed by atoms with E-state index in [0.29, 0.717) is 19.3 Å². The van der Waals surface area contributed by atoms with Gasteiger partial charge in [-0.2, -0.15) is 0 Å². The molecule has 0 radical (unpaired) electrons. The van der Waals surface area contributed by atoms with E-state index in [2.05, 4.69) is 57.2 Å². The number of aliphatic hydroxyl groups is 2. The fourth-order valence-electron chi connectivity index (χ4n) is 9.15. The van der Waals surface area contributed by atoms with Crippen LogP contribution in [-0.4, -0.2) is 89.2 Å². The Hall–Kier alpha value is -3.06.